The van der Waals surface area contributed by atoms with Crippen LogP contribution < -0.4 is 5.32 Å². The standard InChI is InChI=1S/C19H23N5O/c1-14-9-15(13-20-12-14)17(25)24-7-3-19(4-8-24)10-16(11-19)23-18-21-5-2-6-22-18/h2,5-6,9,12-13,16H,3-4,7-8,10-11H2,1H3,(H,21,22,23). The Balaban J connectivity index is 1.30. The number of likely N-dealkylation sites (tertiary alicyclic amines) is 1. The van der Waals surface area contributed by atoms with E-state index in [1.807, 2.05) is 24.0 Å². The van der Waals surface area contributed by atoms with Gasteiger partial charge < -0.3 is 10.2 Å². The Kier molecular flexibility index (Phi) is 4.11. The number of hydrogen-bond acceptors (Lipinski definition) is 5. The first kappa shape index (κ1) is 16.0. The van der Waals surface area contributed by atoms with Crippen molar-refractivity contribution in [2.24, 2.45) is 5.41 Å². The number of aryl methyl sites for hydroxylation is 1. The van der Waals surface area contributed by atoms with E-state index in [1.165, 1.54) is 0 Å². The van der Waals surface area contributed by atoms with Gasteiger partial charge in [0.1, 0.15) is 0 Å². The zero-order chi connectivity index (χ0) is 17.3. The molecule has 25 heavy (non-hydrogen) atoms. The molecule has 0 unspecified atom stereocenters. The number of amides is 1. The molecule has 1 aliphatic carbocycles. The minimum Gasteiger partial charge on any atom is -0.351 e. The molecule has 3 heterocycles. The zero-order valence-corrected chi connectivity index (χ0v) is 14.5. The lowest BCUT2D eigenvalue weighted by molar-refractivity contribution is 0.0218. The van der Waals surface area contributed by atoms with Crippen LogP contribution in [0.4, 0.5) is 5.95 Å². The van der Waals surface area contributed by atoms with E-state index < -0.39 is 0 Å². The first-order valence-corrected chi connectivity index (χ1v) is 8.88. The molecule has 2 fully saturated rings. The Bertz CT molecular complexity index is 747. The lowest BCUT2D eigenvalue weighted by Gasteiger charge is -2.52. The molecular weight excluding hydrogens is 314 g/mol. The number of pyridine rings is 1. The topological polar surface area (TPSA) is 71.0 Å². The van der Waals surface area contributed by atoms with Gasteiger partial charge in [-0.2, -0.15) is 0 Å². The van der Waals surface area contributed by atoms with Gasteiger partial charge in [-0.25, -0.2) is 9.97 Å². The van der Waals surface area contributed by atoms with E-state index in [2.05, 4.69) is 20.3 Å². The highest BCUT2D eigenvalue weighted by molar-refractivity contribution is 5.94. The number of carbonyl (C=O) groups is 1. The van der Waals surface area contributed by atoms with Crippen molar-refractivity contribution in [1.29, 1.82) is 0 Å². The fourth-order valence-electron chi connectivity index (χ4n) is 4.09. The Labute approximate surface area is 147 Å². The lowest BCUT2D eigenvalue weighted by atomic mass is 9.60. The number of carbonyl (C=O) groups excluding carboxylic acids is 1. The van der Waals surface area contributed by atoms with Crippen molar-refractivity contribution < 1.29 is 4.79 Å². The second kappa shape index (κ2) is 6.43. The fourth-order valence-corrected chi connectivity index (χ4v) is 4.09. The van der Waals surface area contributed by atoms with Crippen molar-refractivity contribution in [3.8, 4) is 0 Å². The zero-order valence-electron chi connectivity index (χ0n) is 14.5. The van der Waals surface area contributed by atoms with E-state index in [1.54, 1.807) is 24.8 Å². The van der Waals surface area contributed by atoms with Gasteiger partial charge in [0.05, 0.1) is 5.56 Å². The van der Waals surface area contributed by atoms with Crippen LogP contribution in [0, 0.1) is 12.3 Å². The summed E-state index contributed by atoms with van der Waals surface area (Å²) in [6.45, 7) is 3.63. The summed E-state index contributed by atoms with van der Waals surface area (Å²) in [5.74, 6) is 0.819. The summed E-state index contributed by atoms with van der Waals surface area (Å²) in [7, 11) is 0. The summed E-state index contributed by atoms with van der Waals surface area (Å²) >= 11 is 0. The van der Waals surface area contributed by atoms with E-state index in [0.29, 0.717) is 23.0 Å². The predicted octanol–water partition coefficient (Wildman–Crippen LogP) is 2.68. The van der Waals surface area contributed by atoms with E-state index in [-0.39, 0.29) is 5.91 Å². The Hall–Kier alpha value is -2.50. The van der Waals surface area contributed by atoms with Crippen LogP contribution in [0.1, 0.15) is 41.6 Å². The minimum atomic E-state index is 0.109. The quantitative estimate of drug-likeness (QED) is 0.932. The van der Waals surface area contributed by atoms with Gasteiger partial charge in [-0.1, -0.05) is 0 Å². The van der Waals surface area contributed by atoms with Gasteiger partial charge in [0, 0.05) is 43.9 Å². The number of piperidine rings is 1. The summed E-state index contributed by atoms with van der Waals surface area (Å²) in [6.07, 6.45) is 11.4. The minimum absolute atomic E-state index is 0.109. The molecular formula is C19H23N5O. The van der Waals surface area contributed by atoms with Crippen LogP contribution in [0.15, 0.2) is 36.9 Å². The third-order valence-corrected chi connectivity index (χ3v) is 5.49. The summed E-state index contributed by atoms with van der Waals surface area (Å²) < 4.78 is 0. The Morgan fingerprint density at radius 1 is 1.20 bits per heavy atom. The molecule has 0 aromatic carbocycles. The summed E-state index contributed by atoms with van der Waals surface area (Å²) in [5, 5.41) is 3.40. The van der Waals surface area contributed by atoms with Crippen LogP contribution in [0.5, 0.6) is 0 Å². The first-order chi connectivity index (χ1) is 12.1. The smallest absolute Gasteiger partial charge is 0.255 e. The Morgan fingerprint density at radius 3 is 2.60 bits per heavy atom. The highest BCUT2D eigenvalue weighted by atomic mass is 16.2. The average molecular weight is 337 g/mol. The van der Waals surface area contributed by atoms with Crippen LogP contribution in [0.3, 0.4) is 0 Å². The van der Waals surface area contributed by atoms with Gasteiger partial charge in [-0.3, -0.25) is 9.78 Å². The summed E-state index contributed by atoms with van der Waals surface area (Å²) in [4.78, 5) is 27.2. The van der Waals surface area contributed by atoms with E-state index in [4.69, 9.17) is 0 Å². The fraction of sp³-hybridized carbons (Fsp3) is 0.474. The molecule has 4 rings (SSSR count). The molecule has 1 saturated heterocycles. The molecule has 6 heteroatoms. The monoisotopic (exact) mass is 337 g/mol. The third kappa shape index (κ3) is 3.34. The molecule has 1 amide bonds. The molecule has 1 N–H and O–H groups in total. The van der Waals surface area contributed by atoms with Gasteiger partial charge in [0.15, 0.2) is 0 Å². The maximum Gasteiger partial charge on any atom is 0.255 e. The number of nitrogens with one attached hydrogen (secondary N) is 1. The number of rotatable bonds is 3. The SMILES string of the molecule is Cc1cncc(C(=O)N2CCC3(CC2)CC(Nc2ncccn2)C3)c1. The molecule has 2 aromatic heterocycles. The molecule has 1 saturated carbocycles. The third-order valence-electron chi connectivity index (χ3n) is 5.49. The Morgan fingerprint density at radius 2 is 1.92 bits per heavy atom. The molecule has 2 aromatic rings. The van der Waals surface area contributed by atoms with Crippen LogP contribution in [-0.4, -0.2) is 44.9 Å². The molecule has 0 radical (unpaired) electrons. The van der Waals surface area contributed by atoms with Gasteiger partial charge >= 0.3 is 0 Å². The number of anilines is 1. The van der Waals surface area contributed by atoms with E-state index in [9.17, 15) is 4.79 Å². The van der Waals surface area contributed by atoms with Crippen LogP contribution in [-0.2, 0) is 0 Å². The normalized spacial score (nSPS) is 19.5. The molecule has 0 bridgehead atoms. The molecule has 6 nitrogen and oxygen atoms in total. The van der Waals surface area contributed by atoms with Gasteiger partial charge in [-0.05, 0) is 55.7 Å². The molecule has 130 valence electrons. The highest BCUT2D eigenvalue weighted by Gasteiger charge is 2.46. The predicted molar refractivity (Wildman–Crippen MR) is 95.2 cm³/mol. The maximum atomic E-state index is 12.6. The first-order valence-electron chi connectivity index (χ1n) is 8.88. The van der Waals surface area contributed by atoms with Gasteiger partial charge in [0.25, 0.3) is 5.91 Å². The van der Waals surface area contributed by atoms with Crippen molar-refractivity contribution >= 4 is 11.9 Å². The van der Waals surface area contributed by atoms with Crippen LogP contribution >= 0.6 is 0 Å². The lowest BCUT2D eigenvalue weighted by Crippen LogP contribution is -2.52. The average Bonchev–Trinajstić information content (AvgIpc) is 2.61. The summed E-state index contributed by atoms with van der Waals surface area (Å²) in [6, 6.07) is 4.19. The second-order valence-electron chi connectivity index (χ2n) is 7.37. The van der Waals surface area contributed by atoms with Crippen molar-refractivity contribution in [2.75, 3.05) is 18.4 Å². The van der Waals surface area contributed by atoms with Crippen molar-refractivity contribution in [1.82, 2.24) is 19.9 Å². The summed E-state index contributed by atoms with van der Waals surface area (Å²) in [5.41, 5.74) is 2.11. The van der Waals surface area contributed by atoms with Crippen molar-refractivity contribution in [3.05, 3.63) is 48.0 Å². The second-order valence-corrected chi connectivity index (χ2v) is 7.37. The number of nitrogens with zero attached hydrogens (tertiary/aromatic N) is 4. The van der Waals surface area contributed by atoms with Crippen molar-refractivity contribution in [2.45, 2.75) is 38.6 Å². The molecule has 0 atom stereocenters. The molecule has 2 aliphatic rings. The highest BCUT2D eigenvalue weighted by Crippen LogP contribution is 2.49. The number of aromatic nitrogens is 3. The number of hydrogen-bond donors (Lipinski definition) is 1. The maximum absolute atomic E-state index is 12.6. The molecule has 1 spiro atoms. The van der Waals surface area contributed by atoms with Crippen LogP contribution in [0.2, 0.25) is 0 Å². The van der Waals surface area contributed by atoms with E-state index in [0.717, 1.165) is 44.3 Å². The van der Waals surface area contributed by atoms with Crippen LogP contribution in [0.25, 0.3) is 0 Å². The van der Waals surface area contributed by atoms with Gasteiger partial charge in [-0.15, -0.1) is 0 Å². The van der Waals surface area contributed by atoms with E-state index >= 15 is 0 Å². The van der Waals surface area contributed by atoms with Gasteiger partial charge in [0.2, 0.25) is 5.95 Å². The largest absolute Gasteiger partial charge is 0.351 e. The van der Waals surface area contributed by atoms with Crippen molar-refractivity contribution in [3.63, 3.8) is 0 Å². The molecule has 1 aliphatic heterocycles.